The van der Waals surface area contributed by atoms with Crippen LogP contribution in [-0.4, -0.2) is 24.3 Å². The number of aldehydes is 1. The van der Waals surface area contributed by atoms with Gasteiger partial charge in [-0.1, -0.05) is 25.5 Å². The van der Waals surface area contributed by atoms with Crippen molar-refractivity contribution in [3.63, 3.8) is 0 Å². The molecule has 1 unspecified atom stereocenters. The highest BCUT2D eigenvalue weighted by atomic mass is 16.6. The molecule has 5 heteroatoms. The van der Waals surface area contributed by atoms with Gasteiger partial charge in [-0.15, -0.1) is 0 Å². The number of esters is 2. The summed E-state index contributed by atoms with van der Waals surface area (Å²) < 4.78 is 10.1. The lowest BCUT2D eigenvalue weighted by Gasteiger charge is -2.17. The molecule has 0 aromatic heterocycles. The SMILES string of the molecule is CCCCC(Oc1ccccc1C=O)C(=O)OC(C)=O. The summed E-state index contributed by atoms with van der Waals surface area (Å²) in [6.45, 7) is 3.14. The van der Waals surface area contributed by atoms with E-state index in [9.17, 15) is 14.4 Å². The number of ether oxygens (including phenoxy) is 2. The third kappa shape index (κ3) is 4.84. The van der Waals surface area contributed by atoms with Crippen molar-refractivity contribution in [3.05, 3.63) is 29.8 Å². The first-order valence-electron chi connectivity index (χ1n) is 6.51. The van der Waals surface area contributed by atoms with Crippen molar-refractivity contribution < 1.29 is 23.9 Å². The van der Waals surface area contributed by atoms with Gasteiger partial charge in [-0.05, 0) is 25.0 Å². The van der Waals surface area contributed by atoms with Gasteiger partial charge in [0.2, 0.25) is 0 Å². The number of unbranched alkanes of at least 4 members (excludes halogenated alkanes) is 1. The summed E-state index contributed by atoms with van der Waals surface area (Å²) >= 11 is 0. The van der Waals surface area contributed by atoms with Crippen molar-refractivity contribution in [2.24, 2.45) is 0 Å². The minimum atomic E-state index is -0.889. The van der Waals surface area contributed by atoms with E-state index in [0.29, 0.717) is 24.0 Å². The van der Waals surface area contributed by atoms with Crippen LogP contribution in [0.5, 0.6) is 5.75 Å². The second-order valence-corrected chi connectivity index (χ2v) is 4.32. The predicted octanol–water partition coefficient (Wildman–Crippen LogP) is 2.53. The van der Waals surface area contributed by atoms with E-state index in [4.69, 9.17) is 4.74 Å². The lowest BCUT2D eigenvalue weighted by Crippen LogP contribution is -2.31. The van der Waals surface area contributed by atoms with Crippen LogP contribution < -0.4 is 4.74 Å². The fourth-order valence-electron chi connectivity index (χ4n) is 1.66. The average Bonchev–Trinajstić information content (AvgIpc) is 2.43. The van der Waals surface area contributed by atoms with Gasteiger partial charge in [0.05, 0.1) is 5.56 Å². The van der Waals surface area contributed by atoms with E-state index < -0.39 is 18.0 Å². The molecular weight excluding hydrogens is 260 g/mol. The second kappa shape index (κ2) is 8.09. The Kier molecular flexibility index (Phi) is 6.43. The molecule has 5 nitrogen and oxygen atoms in total. The van der Waals surface area contributed by atoms with Crippen LogP contribution >= 0.6 is 0 Å². The summed E-state index contributed by atoms with van der Waals surface area (Å²) in [7, 11) is 0. The normalized spacial score (nSPS) is 11.5. The molecule has 20 heavy (non-hydrogen) atoms. The quantitative estimate of drug-likeness (QED) is 0.435. The van der Waals surface area contributed by atoms with Gasteiger partial charge >= 0.3 is 11.9 Å². The van der Waals surface area contributed by atoms with Gasteiger partial charge in [-0.3, -0.25) is 9.59 Å². The van der Waals surface area contributed by atoms with Gasteiger partial charge in [0.25, 0.3) is 0 Å². The Hall–Kier alpha value is -2.17. The molecule has 0 spiro atoms. The fraction of sp³-hybridized carbons (Fsp3) is 0.400. The standard InChI is InChI=1S/C15H18O5/c1-3-4-8-14(15(18)19-11(2)17)20-13-9-6-5-7-12(13)10-16/h5-7,9-10,14H,3-4,8H2,1-2H3. The minimum absolute atomic E-state index is 0.309. The topological polar surface area (TPSA) is 69.7 Å². The number of benzene rings is 1. The van der Waals surface area contributed by atoms with Crippen LogP contribution in [0.1, 0.15) is 43.5 Å². The lowest BCUT2D eigenvalue weighted by atomic mass is 10.1. The van der Waals surface area contributed by atoms with Crippen molar-refractivity contribution in [2.75, 3.05) is 0 Å². The summed E-state index contributed by atoms with van der Waals surface area (Å²) in [6.07, 6.45) is 1.82. The molecule has 1 aromatic carbocycles. The molecule has 1 aromatic rings. The maximum absolute atomic E-state index is 11.8. The van der Waals surface area contributed by atoms with E-state index in [1.54, 1.807) is 24.3 Å². The molecule has 0 amide bonds. The van der Waals surface area contributed by atoms with Crippen LogP contribution in [0.3, 0.4) is 0 Å². The van der Waals surface area contributed by atoms with Crippen LogP contribution in [0.4, 0.5) is 0 Å². The molecule has 0 saturated carbocycles. The first-order valence-corrected chi connectivity index (χ1v) is 6.51. The molecule has 0 radical (unpaired) electrons. The van der Waals surface area contributed by atoms with Gasteiger partial charge < -0.3 is 9.47 Å². The third-order valence-corrected chi connectivity index (χ3v) is 2.64. The summed E-state index contributed by atoms with van der Waals surface area (Å²) in [5, 5.41) is 0. The minimum Gasteiger partial charge on any atom is -0.478 e. The Balaban J connectivity index is 2.85. The van der Waals surface area contributed by atoms with Crippen molar-refractivity contribution in [3.8, 4) is 5.75 Å². The molecule has 108 valence electrons. The number of carbonyl (C=O) groups is 3. The smallest absolute Gasteiger partial charge is 0.354 e. The van der Waals surface area contributed by atoms with Gasteiger partial charge in [0.1, 0.15) is 5.75 Å². The van der Waals surface area contributed by atoms with Gasteiger partial charge in [-0.2, -0.15) is 0 Å². The molecule has 0 aliphatic carbocycles. The molecule has 0 aliphatic heterocycles. The van der Waals surface area contributed by atoms with Crippen molar-refractivity contribution in [1.29, 1.82) is 0 Å². The van der Waals surface area contributed by atoms with E-state index in [1.165, 1.54) is 0 Å². The van der Waals surface area contributed by atoms with Crippen LogP contribution in [-0.2, 0) is 14.3 Å². The van der Waals surface area contributed by atoms with Gasteiger partial charge in [0, 0.05) is 6.92 Å². The molecule has 0 bridgehead atoms. The zero-order chi connectivity index (χ0) is 15.0. The summed E-state index contributed by atoms with van der Waals surface area (Å²) in [4.78, 5) is 33.6. The molecule has 1 atom stereocenters. The summed E-state index contributed by atoms with van der Waals surface area (Å²) in [5.74, 6) is -1.10. The monoisotopic (exact) mass is 278 g/mol. The maximum Gasteiger partial charge on any atom is 0.354 e. The Morgan fingerprint density at radius 3 is 2.60 bits per heavy atom. The number of para-hydroxylation sites is 1. The van der Waals surface area contributed by atoms with Crippen LogP contribution in [0, 0.1) is 0 Å². The van der Waals surface area contributed by atoms with Gasteiger partial charge in [-0.25, -0.2) is 4.79 Å². The van der Waals surface area contributed by atoms with Gasteiger partial charge in [0.15, 0.2) is 12.4 Å². The highest BCUT2D eigenvalue weighted by molar-refractivity contribution is 5.87. The number of hydrogen-bond acceptors (Lipinski definition) is 5. The first-order chi connectivity index (χ1) is 9.58. The molecule has 0 saturated heterocycles. The molecule has 1 rings (SSSR count). The Morgan fingerprint density at radius 2 is 2.00 bits per heavy atom. The van der Waals surface area contributed by atoms with Crippen LogP contribution in [0.2, 0.25) is 0 Å². The molecule has 0 N–H and O–H groups in total. The second-order valence-electron chi connectivity index (χ2n) is 4.32. The van der Waals surface area contributed by atoms with Crippen molar-refractivity contribution >= 4 is 18.2 Å². The van der Waals surface area contributed by atoms with E-state index in [1.807, 2.05) is 6.92 Å². The van der Waals surface area contributed by atoms with Crippen molar-refractivity contribution in [2.45, 2.75) is 39.2 Å². The highest BCUT2D eigenvalue weighted by Gasteiger charge is 2.24. The fourth-order valence-corrected chi connectivity index (χ4v) is 1.66. The largest absolute Gasteiger partial charge is 0.478 e. The first kappa shape index (κ1) is 15.9. The van der Waals surface area contributed by atoms with E-state index in [0.717, 1.165) is 19.8 Å². The third-order valence-electron chi connectivity index (χ3n) is 2.64. The molecule has 0 aliphatic rings. The molecule has 0 fully saturated rings. The highest BCUT2D eigenvalue weighted by Crippen LogP contribution is 2.20. The predicted molar refractivity (Wildman–Crippen MR) is 72.5 cm³/mol. The zero-order valence-electron chi connectivity index (χ0n) is 11.6. The lowest BCUT2D eigenvalue weighted by molar-refractivity contribution is -0.163. The van der Waals surface area contributed by atoms with Crippen LogP contribution in [0.25, 0.3) is 0 Å². The zero-order valence-corrected chi connectivity index (χ0v) is 11.6. The Labute approximate surface area is 117 Å². The molecular formula is C15H18O5. The van der Waals surface area contributed by atoms with E-state index in [2.05, 4.69) is 4.74 Å². The summed E-state index contributed by atoms with van der Waals surface area (Å²) in [5.41, 5.74) is 0.352. The number of carbonyl (C=O) groups excluding carboxylic acids is 3. The van der Waals surface area contributed by atoms with E-state index >= 15 is 0 Å². The average molecular weight is 278 g/mol. The van der Waals surface area contributed by atoms with Crippen molar-refractivity contribution in [1.82, 2.24) is 0 Å². The number of hydrogen-bond donors (Lipinski definition) is 0. The Bertz CT molecular complexity index is 481. The number of rotatable bonds is 7. The maximum atomic E-state index is 11.8. The van der Waals surface area contributed by atoms with E-state index in [-0.39, 0.29) is 0 Å². The summed E-state index contributed by atoms with van der Waals surface area (Å²) in [6, 6.07) is 6.60. The Morgan fingerprint density at radius 1 is 1.30 bits per heavy atom. The molecule has 0 heterocycles. The van der Waals surface area contributed by atoms with Crippen LogP contribution in [0.15, 0.2) is 24.3 Å².